The third-order valence-electron chi connectivity index (χ3n) is 2.43. The van der Waals surface area contributed by atoms with Gasteiger partial charge in [0.1, 0.15) is 0 Å². The Kier molecular flexibility index (Phi) is 2.12. The van der Waals surface area contributed by atoms with Crippen LogP contribution in [-0.2, 0) is 0 Å². The molecule has 2 atom stereocenters. The summed E-state index contributed by atoms with van der Waals surface area (Å²) < 4.78 is 0. The predicted octanol–water partition coefficient (Wildman–Crippen LogP) is 1.50. The highest BCUT2D eigenvalue weighted by Crippen LogP contribution is 2.23. The third kappa shape index (κ3) is 1.45. The first-order chi connectivity index (χ1) is 4.22. The van der Waals surface area contributed by atoms with Gasteiger partial charge in [0.15, 0.2) is 0 Å². The molecule has 1 rings (SSSR count). The van der Waals surface area contributed by atoms with Gasteiger partial charge in [0.05, 0.1) is 0 Å². The van der Waals surface area contributed by atoms with Crippen LogP contribution in [0, 0.1) is 17.8 Å². The van der Waals surface area contributed by atoms with Crippen molar-refractivity contribution in [3.05, 3.63) is 0 Å². The van der Waals surface area contributed by atoms with Crippen molar-refractivity contribution in [2.24, 2.45) is 17.8 Å². The van der Waals surface area contributed by atoms with Gasteiger partial charge in [-0.3, -0.25) is 0 Å². The molecule has 1 heteroatoms. The van der Waals surface area contributed by atoms with Gasteiger partial charge in [0.2, 0.25) is 0 Å². The summed E-state index contributed by atoms with van der Waals surface area (Å²) in [7, 11) is 0. The van der Waals surface area contributed by atoms with Crippen LogP contribution >= 0.6 is 0 Å². The van der Waals surface area contributed by atoms with Crippen molar-refractivity contribution < 1.29 is 0 Å². The maximum Gasteiger partial charge on any atom is -0.00149 e. The van der Waals surface area contributed by atoms with E-state index >= 15 is 0 Å². The van der Waals surface area contributed by atoms with E-state index in [1.54, 1.807) is 0 Å². The fraction of sp³-hybridized carbons (Fsp3) is 1.00. The number of hydrogen-bond acceptors (Lipinski definition) is 1. The number of rotatable bonds is 1. The molecule has 0 aromatic carbocycles. The standard InChI is InChI=1S/C8H17N/c1-6(2)8-5-9-4-7(8)3/h6-9H,4-5H2,1-3H3/t7-,8?/m0/s1. The average Bonchev–Trinajstić information content (AvgIpc) is 2.13. The molecule has 1 saturated heterocycles. The lowest BCUT2D eigenvalue weighted by molar-refractivity contribution is 0.339. The minimum Gasteiger partial charge on any atom is -0.316 e. The molecular weight excluding hydrogens is 110 g/mol. The number of hydrogen-bond donors (Lipinski definition) is 1. The lowest BCUT2D eigenvalue weighted by Crippen LogP contribution is -2.15. The van der Waals surface area contributed by atoms with Crippen molar-refractivity contribution in [1.29, 1.82) is 0 Å². The maximum atomic E-state index is 3.40. The molecule has 0 aromatic heterocycles. The Morgan fingerprint density at radius 3 is 2.22 bits per heavy atom. The molecular formula is C8H17N. The third-order valence-corrected chi connectivity index (χ3v) is 2.43. The molecule has 0 amide bonds. The van der Waals surface area contributed by atoms with Gasteiger partial charge in [-0.25, -0.2) is 0 Å². The zero-order chi connectivity index (χ0) is 6.85. The minimum atomic E-state index is 0.856. The van der Waals surface area contributed by atoms with Crippen LogP contribution in [0.3, 0.4) is 0 Å². The van der Waals surface area contributed by atoms with Gasteiger partial charge in [-0.05, 0) is 30.8 Å². The Morgan fingerprint density at radius 1 is 1.33 bits per heavy atom. The lowest BCUT2D eigenvalue weighted by Gasteiger charge is -2.17. The van der Waals surface area contributed by atoms with Crippen molar-refractivity contribution in [1.82, 2.24) is 5.32 Å². The van der Waals surface area contributed by atoms with E-state index in [0.29, 0.717) is 0 Å². The Bertz CT molecular complexity index is 88.6. The molecule has 1 nitrogen and oxygen atoms in total. The summed E-state index contributed by atoms with van der Waals surface area (Å²) in [5, 5.41) is 3.40. The topological polar surface area (TPSA) is 12.0 Å². The molecule has 1 aliphatic rings. The van der Waals surface area contributed by atoms with E-state index in [-0.39, 0.29) is 0 Å². The smallest absolute Gasteiger partial charge is 0.00149 e. The molecule has 0 aromatic rings. The molecule has 1 unspecified atom stereocenters. The molecule has 1 N–H and O–H groups in total. The Labute approximate surface area is 57.8 Å². The van der Waals surface area contributed by atoms with E-state index in [9.17, 15) is 0 Å². The van der Waals surface area contributed by atoms with Crippen molar-refractivity contribution in [3.63, 3.8) is 0 Å². The summed E-state index contributed by atoms with van der Waals surface area (Å²) in [6.07, 6.45) is 0. The van der Waals surface area contributed by atoms with Crippen LogP contribution in [0.25, 0.3) is 0 Å². The predicted molar refractivity (Wildman–Crippen MR) is 40.4 cm³/mol. The maximum absolute atomic E-state index is 3.40. The molecule has 0 aliphatic carbocycles. The highest BCUT2D eigenvalue weighted by molar-refractivity contribution is 4.79. The Morgan fingerprint density at radius 2 is 2.00 bits per heavy atom. The van der Waals surface area contributed by atoms with Crippen LogP contribution in [0.15, 0.2) is 0 Å². The normalized spacial score (nSPS) is 36.0. The quantitative estimate of drug-likeness (QED) is 0.563. The molecule has 9 heavy (non-hydrogen) atoms. The van der Waals surface area contributed by atoms with Crippen LogP contribution in [0.2, 0.25) is 0 Å². The van der Waals surface area contributed by atoms with Gasteiger partial charge in [-0.2, -0.15) is 0 Å². The first kappa shape index (κ1) is 7.07. The van der Waals surface area contributed by atoms with Crippen molar-refractivity contribution in [2.45, 2.75) is 20.8 Å². The largest absolute Gasteiger partial charge is 0.316 e. The van der Waals surface area contributed by atoms with Crippen LogP contribution in [-0.4, -0.2) is 13.1 Å². The van der Waals surface area contributed by atoms with Gasteiger partial charge in [0, 0.05) is 0 Å². The molecule has 0 saturated carbocycles. The highest BCUT2D eigenvalue weighted by atomic mass is 14.9. The summed E-state index contributed by atoms with van der Waals surface area (Å²) >= 11 is 0. The second-order valence-electron chi connectivity index (χ2n) is 3.54. The van der Waals surface area contributed by atoms with Crippen molar-refractivity contribution >= 4 is 0 Å². The molecule has 0 radical (unpaired) electrons. The van der Waals surface area contributed by atoms with Crippen LogP contribution in [0.1, 0.15) is 20.8 Å². The van der Waals surface area contributed by atoms with Gasteiger partial charge < -0.3 is 5.32 Å². The van der Waals surface area contributed by atoms with Crippen LogP contribution in [0.4, 0.5) is 0 Å². The van der Waals surface area contributed by atoms with E-state index in [2.05, 4.69) is 26.1 Å². The van der Waals surface area contributed by atoms with Gasteiger partial charge >= 0.3 is 0 Å². The zero-order valence-electron chi connectivity index (χ0n) is 6.65. The van der Waals surface area contributed by atoms with E-state index < -0.39 is 0 Å². The zero-order valence-corrected chi connectivity index (χ0v) is 6.65. The highest BCUT2D eigenvalue weighted by Gasteiger charge is 2.24. The summed E-state index contributed by atoms with van der Waals surface area (Å²) in [5.74, 6) is 2.67. The van der Waals surface area contributed by atoms with E-state index in [4.69, 9.17) is 0 Å². The summed E-state index contributed by atoms with van der Waals surface area (Å²) in [6.45, 7) is 9.43. The Hall–Kier alpha value is -0.0400. The Balaban J connectivity index is 2.40. The minimum absolute atomic E-state index is 0.856. The first-order valence-corrected chi connectivity index (χ1v) is 3.92. The van der Waals surface area contributed by atoms with Crippen LogP contribution in [0.5, 0.6) is 0 Å². The summed E-state index contributed by atoms with van der Waals surface area (Å²) in [4.78, 5) is 0. The summed E-state index contributed by atoms with van der Waals surface area (Å²) in [5.41, 5.74) is 0. The van der Waals surface area contributed by atoms with Crippen LogP contribution < -0.4 is 5.32 Å². The molecule has 0 bridgehead atoms. The first-order valence-electron chi connectivity index (χ1n) is 3.92. The molecule has 0 spiro atoms. The van der Waals surface area contributed by atoms with Gasteiger partial charge in [-0.15, -0.1) is 0 Å². The fourth-order valence-corrected chi connectivity index (χ4v) is 1.72. The summed E-state index contributed by atoms with van der Waals surface area (Å²) in [6, 6.07) is 0. The molecule has 1 aliphatic heterocycles. The van der Waals surface area contributed by atoms with Gasteiger partial charge in [0.25, 0.3) is 0 Å². The molecule has 1 heterocycles. The van der Waals surface area contributed by atoms with Crippen molar-refractivity contribution in [2.75, 3.05) is 13.1 Å². The van der Waals surface area contributed by atoms with Crippen molar-refractivity contribution in [3.8, 4) is 0 Å². The molecule has 1 fully saturated rings. The SMILES string of the molecule is CC(C)C1CNC[C@@H]1C. The van der Waals surface area contributed by atoms with E-state index in [1.165, 1.54) is 13.1 Å². The average molecular weight is 127 g/mol. The second-order valence-corrected chi connectivity index (χ2v) is 3.54. The fourth-order valence-electron chi connectivity index (χ4n) is 1.72. The van der Waals surface area contributed by atoms with E-state index in [0.717, 1.165) is 17.8 Å². The number of nitrogens with one attached hydrogen (secondary N) is 1. The van der Waals surface area contributed by atoms with E-state index in [1.807, 2.05) is 0 Å². The monoisotopic (exact) mass is 127 g/mol. The second kappa shape index (κ2) is 2.70. The lowest BCUT2D eigenvalue weighted by atomic mass is 9.88. The molecule has 54 valence electrons. The van der Waals surface area contributed by atoms with Gasteiger partial charge in [-0.1, -0.05) is 20.8 Å².